The Hall–Kier alpha value is -2.31. The Bertz CT molecular complexity index is 989. The summed E-state index contributed by atoms with van der Waals surface area (Å²) in [4.78, 5) is 15.3. The first kappa shape index (κ1) is 22.9. The second-order valence-electron chi connectivity index (χ2n) is 9.32. The van der Waals surface area contributed by atoms with Crippen LogP contribution in [-0.2, 0) is 11.3 Å². The Kier molecular flexibility index (Phi) is 6.63. The molecule has 0 spiro atoms. The summed E-state index contributed by atoms with van der Waals surface area (Å²) in [5.74, 6) is 1.26. The third kappa shape index (κ3) is 5.18. The summed E-state index contributed by atoms with van der Waals surface area (Å²) in [6, 6.07) is 10.4. The highest BCUT2D eigenvalue weighted by atomic mass is 35.5. The van der Waals surface area contributed by atoms with Crippen LogP contribution in [0.4, 0.5) is 4.39 Å². The molecule has 1 saturated heterocycles. The maximum Gasteiger partial charge on any atom is 0.223 e. The summed E-state index contributed by atoms with van der Waals surface area (Å²) in [7, 11) is 1.63. The quantitative estimate of drug-likeness (QED) is 0.673. The van der Waals surface area contributed by atoms with Crippen molar-refractivity contribution in [2.45, 2.75) is 51.3 Å². The van der Waals surface area contributed by atoms with E-state index in [2.05, 4.69) is 10.2 Å². The standard InChI is InChI=1S/C25H30ClFN2O3/c1-25(2)14-22(20-13-19(31-3)6-7-23(20)32-25)28-24(30)16-8-10-29(11-9-16)15-17-4-5-18(26)12-21(17)27/h4-7,12-13,16,22H,8-11,14-15H2,1-3H3,(H,28,30). The van der Waals surface area contributed by atoms with Crippen molar-refractivity contribution in [1.82, 2.24) is 10.2 Å². The minimum absolute atomic E-state index is 0.0543. The predicted molar refractivity (Wildman–Crippen MR) is 123 cm³/mol. The molecule has 2 aliphatic rings. The molecule has 2 aliphatic heterocycles. The van der Waals surface area contributed by atoms with Gasteiger partial charge in [0.25, 0.3) is 0 Å². The largest absolute Gasteiger partial charge is 0.497 e. The molecule has 1 atom stereocenters. The fourth-order valence-electron chi connectivity index (χ4n) is 4.62. The number of carbonyl (C=O) groups is 1. The van der Waals surface area contributed by atoms with Crippen LogP contribution in [0, 0.1) is 11.7 Å². The van der Waals surface area contributed by atoms with Gasteiger partial charge in [0.2, 0.25) is 5.91 Å². The van der Waals surface area contributed by atoms with Crippen LogP contribution < -0.4 is 14.8 Å². The lowest BCUT2D eigenvalue weighted by molar-refractivity contribution is -0.127. The Morgan fingerprint density at radius 2 is 2.00 bits per heavy atom. The first-order valence-corrected chi connectivity index (χ1v) is 11.5. The molecule has 0 aliphatic carbocycles. The van der Waals surface area contributed by atoms with Gasteiger partial charge in [-0.3, -0.25) is 9.69 Å². The number of nitrogens with zero attached hydrogens (tertiary/aromatic N) is 1. The molecular weight excluding hydrogens is 431 g/mol. The second kappa shape index (κ2) is 9.28. The predicted octanol–water partition coefficient (Wildman–Crippen LogP) is 5.12. The van der Waals surface area contributed by atoms with Crippen LogP contribution in [0.3, 0.4) is 0 Å². The summed E-state index contributed by atoms with van der Waals surface area (Å²) in [5, 5.41) is 3.66. The zero-order valence-corrected chi connectivity index (χ0v) is 19.5. The monoisotopic (exact) mass is 460 g/mol. The van der Waals surface area contributed by atoms with E-state index < -0.39 is 0 Å². The number of rotatable bonds is 5. The van der Waals surface area contributed by atoms with Gasteiger partial charge in [-0.15, -0.1) is 0 Å². The molecule has 1 N–H and O–H groups in total. The zero-order valence-electron chi connectivity index (χ0n) is 18.8. The maximum absolute atomic E-state index is 14.1. The van der Waals surface area contributed by atoms with E-state index >= 15 is 0 Å². The molecule has 7 heteroatoms. The zero-order chi connectivity index (χ0) is 22.9. The second-order valence-corrected chi connectivity index (χ2v) is 9.75. The lowest BCUT2D eigenvalue weighted by Crippen LogP contribution is -2.45. The Morgan fingerprint density at radius 1 is 1.25 bits per heavy atom. The molecule has 1 amide bonds. The highest BCUT2D eigenvalue weighted by Gasteiger charge is 2.36. The van der Waals surface area contributed by atoms with Crippen molar-refractivity contribution in [3.8, 4) is 11.5 Å². The molecule has 0 bridgehead atoms. The molecule has 2 aromatic rings. The minimum atomic E-state index is -0.369. The van der Waals surface area contributed by atoms with Crippen molar-refractivity contribution >= 4 is 17.5 Å². The van der Waals surface area contributed by atoms with Crippen molar-refractivity contribution in [3.05, 3.63) is 58.4 Å². The van der Waals surface area contributed by atoms with Gasteiger partial charge in [0.05, 0.1) is 13.2 Å². The smallest absolute Gasteiger partial charge is 0.223 e. The topological polar surface area (TPSA) is 50.8 Å². The number of fused-ring (bicyclic) bond motifs is 1. The van der Waals surface area contributed by atoms with E-state index in [-0.39, 0.29) is 29.3 Å². The molecule has 2 heterocycles. The number of hydrogen-bond donors (Lipinski definition) is 1. The summed E-state index contributed by atoms with van der Waals surface area (Å²) >= 11 is 5.85. The molecule has 172 valence electrons. The molecule has 1 unspecified atom stereocenters. The van der Waals surface area contributed by atoms with Crippen LogP contribution in [0.2, 0.25) is 5.02 Å². The van der Waals surface area contributed by atoms with Crippen molar-refractivity contribution in [3.63, 3.8) is 0 Å². The van der Waals surface area contributed by atoms with Gasteiger partial charge in [0, 0.05) is 35.0 Å². The van der Waals surface area contributed by atoms with E-state index in [0.717, 1.165) is 43.0 Å². The summed E-state index contributed by atoms with van der Waals surface area (Å²) in [6.45, 7) is 6.10. The number of nitrogens with one attached hydrogen (secondary N) is 1. The summed E-state index contributed by atoms with van der Waals surface area (Å²) in [6.07, 6.45) is 2.19. The Morgan fingerprint density at radius 3 is 2.69 bits per heavy atom. The molecule has 32 heavy (non-hydrogen) atoms. The first-order valence-electron chi connectivity index (χ1n) is 11.1. The maximum atomic E-state index is 14.1. The van der Waals surface area contributed by atoms with Crippen molar-refractivity contribution in [2.24, 2.45) is 5.92 Å². The van der Waals surface area contributed by atoms with E-state index in [1.165, 1.54) is 6.07 Å². The highest BCUT2D eigenvalue weighted by molar-refractivity contribution is 6.30. The number of methoxy groups -OCH3 is 1. The Balaban J connectivity index is 1.38. The van der Waals surface area contributed by atoms with Gasteiger partial charge >= 0.3 is 0 Å². The molecule has 0 aromatic heterocycles. The average molecular weight is 461 g/mol. The van der Waals surface area contributed by atoms with E-state index in [4.69, 9.17) is 21.1 Å². The van der Waals surface area contributed by atoms with Crippen LogP contribution in [0.5, 0.6) is 11.5 Å². The van der Waals surface area contributed by atoms with Gasteiger partial charge in [-0.25, -0.2) is 4.39 Å². The number of benzene rings is 2. The fraction of sp³-hybridized carbons (Fsp3) is 0.480. The van der Waals surface area contributed by atoms with E-state index in [0.29, 0.717) is 23.6 Å². The van der Waals surface area contributed by atoms with Gasteiger partial charge < -0.3 is 14.8 Å². The fourth-order valence-corrected chi connectivity index (χ4v) is 4.78. The van der Waals surface area contributed by atoms with Gasteiger partial charge in [0.15, 0.2) is 0 Å². The molecule has 5 nitrogen and oxygen atoms in total. The minimum Gasteiger partial charge on any atom is -0.497 e. The molecule has 0 radical (unpaired) electrons. The normalized spacial score (nSPS) is 20.8. The van der Waals surface area contributed by atoms with Gasteiger partial charge in [0.1, 0.15) is 22.9 Å². The lowest BCUT2D eigenvalue weighted by Gasteiger charge is -2.39. The molecule has 0 saturated carbocycles. The van der Waals surface area contributed by atoms with Crippen molar-refractivity contribution in [1.29, 1.82) is 0 Å². The van der Waals surface area contributed by atoms with Crippen LogP contribution in [0.25, 0.3) is 0 Å². The molecule has 2 aromatic carbocycles. The van der Waals surface area contributed by atoms with Gasteiger partial charge in [-0.2, -0.15) is 0 Å². The SMILES string of the molecule is COc1ccc2c(c1)C(NC(=O)C1CCN(Cc3ccc(Cl)cc3F)CC1)CC(C)(C)O2. The van der Waals surface area contributed by atoms with E-state index in [1.54, 1.807) is 19.2 Å². The van der Waals surface area contributed by atoms with Crippen LogP contribution in [-0.4, -0.2) is 36.6 Å². The van der Waals surface area contributed by atoms with Gasteiger partial charge in [-0.05, 0) is 70.1 Å². The third-order valence-electron chi connectivity index (χ3n) is 6.36. The summed E-state index contributed by atoms with van der Waals surface area (Å²) < 4.78 is 25.6. The van der Waals surface area contributed by atoms with Gasteiger partial charge in [-0.1, -0.05) is 17.7 Å². The Labute approximate surface area is 193 Å². The number of piperidine rings is 1. The van der Waals surface area contributed by atoms with E-state index in [1.807, 2.05) is 32.0 Å². The first-order chi connectivity index (χ1) is 15.2. The average Bonchev–Trinajstić information content (AvgIpc) is 2.75. The van der Waals surface area contributed by atoms with Crippen LogP contribution >= 0.6 is 11.6 Å². The highest BCUT2D eigenvalue weighted by Crippen LogP contribution is 2.41. The molecule has 1 fully saturated rings. The number of likely N-dealkylation sites (tertiary alicyclic amines) is 1. The molecular formula is C25H30ClFN2O3. The van der Waals surface area contributed by atoms with E-state index in [9.17, 15) is 9.18 Å². The number of ether oxygens (including phenoxy) is 2. The number of halogens is 2. The lowest BCUT2D eigenvalue weighted by atomic mass is 9.88. The van der Waals surface area contributed by atoms with Crippen molar-refractivity contribution < 1.29 is 18.7 Å². The van der Waals surface area contributed by atoms with Crippen LogP contribution in [0.1, 0.15) is 50.3 Å². The molecule has 4 rings (SSSR count). The van der Waals surface area contributed by atoms with Crippen LogP contribution in [0.15, 0.2) is 36.4 Å². The third-order valence-corrected chi connectivity index (χ3v) is 6.59. The summed E-state index contributed by atoms with van der Waals surface area (Å²) in [5.41, 5.74) is 1.21. The number of hydrogen-bond acceptors (Lipinski definition) is 4. The number of carbonyl (C=O) groups excluding carboxylic acids is 1. The van der Waals surface area contributed by atoms with Crippen molar-refractivity contribution in [2.75, 3.05) is 20.2 Å². The number of amides is 1.